The quantitative estimate of drug-likeness (QED) is 0.596. The lowest BCUT2D eigenvalue weighted by atomic mass is 10.1. The van der Waals surface area contributed by atoms with Gasteiger partial charge in [0.2, 0.25) is 0 Å². The van der Waals surface area contributed by atoms with E-state index < -0.39 is 5.60 Å². The van der Waals surface area contributed by atoms with Gasteiger partial charge in [0.15, 0.2) is 0 Å². The highest BCUT2D eigenvalue weighted by Crippen LogP contribution is 2.03. The topological polar surface area (TPSA) is 70.6 Å². The van der Waals surface area contributed by atoms with Gasteiger partial charge in [-0.05, 0) is 20.3 Å². The van der Waals surface area contributed by atoms with Gasteiger partial charge in [-0.3, -0.25) is 0 Å². The third kappa shape index (κ3) is 4.43. The second-order valence-corrected chi connectivity index (χ2v) is 4.20. The van der Waals surface area contributed by atoms with Crippen molar-refractivity contribution in [3.8, 4) is 0 Å². The largest absolute Gasteiger partial charge is 0.389 e. The minimum Gasteiger partial charge on any atom is -0.389 e. The Morgan fingerprint density at radius 2 is 2.36 bits per heavy atom. The number of urea groups is 1. The van der Waals surface area contributed by atoms with E-state index in [0.29, 0.717) is 13.2 Å². The summed E-state index contributed by atoms with van der Waals surface area (Å²) >= 11 is 0. The van der Waals surface area contributed by atoms with Gasteiger partial charge in [-0.15, -0.1) is 0 Å². The summed E-state index contributed by atoms with van der Waals surface area (Å²) in [5.74, 6) is 0. The molecule has 1 fully saturated rings. The van der Waals surface area contributed by atoms with Crippen molar-refractivity contribution >= 4 is 6.03 Å². The maximum atomic E-state index is 11.3. The van der Waals surface area contributed by atoms with Gasteiger partial charge in [-0.2, -0.15) is 0 Å². The molecule has 1 unspecified atom stereocenters. The normalized spacial score (nSPS) is 22.1. The SMILES string of the molecule is CC(C)(O)CNC(=O)NC1CCOC1. The van der Waals surface area contributed by atoms with Gasteiger partial charge in [-0.1, -0.05) is 0 Å². The van der Waals surface area contributed by atoms with Crippen LogP contribution in [0, 0.1) is 0 Å². The number of rotatable bonds is 3. The zero-order valence-corrected chi connectivity index (χ0v) is 8.67. The van der Waals surface area contributed by atoms with Crippen molar-refractivity contribution < 1.29 is 14.6 Å². The van der Waals surface area contributed by atoms with Crippen LogP contribution in [0.3, 0.4) is 0 Å². The Morgan fingerprint density at radius 3 is 2.86 bits per heavy atom. The molecule has 0 aromatic carbocycles. The highest BCUT2D eigenvalue weighted by molar-refractivity contribution is 5.74. The van der Waals surface area contributed by atoms with Crippen LogP contribution in [0.1, 0.15) is 20.3 Å². The third-order valence-corrected chi connectivity index (χ3v) is 1.95. The maximum absolute atomic E-state index is 11.3. The molecule has 1 rings (SSSR count). The fourth-order valence-corrected chi connectivity index (χ4v) is 1.18. The Hall–Kier alpha value is -0.810. The second kappa shape index (κ2) is 4.61. The number of amides is 2. The fourth-order valence-electron chi connectivity index (χ4n) is 1.18. The number of ether oxygens (including phenoxy) is 1. The highest BCUT2D eigenvalue weighted by Gasteiger charge is 2.19. The lowest BCUT2D eigenvalue weighted by Gasteiger charge is -2.19. The van der Waals surface area contributed by atoms with Crippen molar-refractivity contribution in [1.29, 1.82) is 0 Å². The van der Waals surface area contributed by atoms with Gasteiger partial charge in [0, 0.05) is 13.2 Å². The first-order chi connectivity index (χ1) is 6.47. The predicted octanol–water partition coefficient (Wildman–Crippen LogP) is -0.155. The summed E-state index contributed by atoms with van der Waals surface area (Å²) < 4.78 is 5.11. The van der Waals surface area contributed by atoms with Crippen molar-refractivity contribution in [2.75, 3.05) is 19.8 Å². The molecular formula is C9H18N2O3. The molecule has 3 N–H and O–H groups in total. The second-order valence-electron chi connectivity index (χ2n) is 4.20. The summed E-state index contributed by atoms with van der Waals surface area (Å²) in [5.41, 5.74) is -0.872. The smallest absolute Gasteiger partial charge is 0.315 e. The molecular weight excluding hydrogens is 184 g/mol. The van der Waals surface area contributed by atoms with E-state index in [4.69, 9.17) is 4.74 Å². The van der Waals surface area contributed by atoms with Crippen molar-refractivity contribution in [3.05, 3.63) is 0 Å². The van der Waals surface area contributed by atoms with E-state index in [-0.39, 0.29) is 18.6 Å². The minimum atomic E-state index is -0.872. The average Bonchev–Trinajstić information content (AvgIpc) is 2.52. The van der Waals surface area contributed by atoms with Gasteiger partial charge in [0.05, 0.1) is 18.2 Å². The molecule has 1 atom stereocenters. The van der Waals surface area contributed by atoms with Crippen LogP contribution in [0.25, 0.3) is 0 Å². The van der Waals surface area contributed by atoms with E-state index in [1.807, 2.05) is 0 Å². The molecule has 2 amide bonds. The van der Waals surface area contributed by atoms with Crippen LogP contribution in [0.15, 0.2) is 0 Å². The molecule has 1 saturated heterocycles. The molecule has 1 aliphatic heterocycles. The molecule has 0 spiro atoms. The number of hydrogen-bond donors (Lipinski definition) is 3. The minimum absolute atomic E-state index is 0.108. The molecule has 0 aromatic heterocycles. The van der Waals surface area contributed by atoms with Gasteiger partial charge >= 0.3 is 6.03 Å². The van der Waals surface area contributed by atoms with E-state index in [9.17, 15) is 9.90 Å². The van der Waals surface area contributed by atoms with E-state index in [1.165, 1.54) is 0 Å². The summed E-state index contributed by atoms with van der Waals surface area (Å²) in [5, 5.41) is 14.7. The predicted molar refractivity (Wildman–Crippen MR) is 52.1 cm³/mol. The monoisotopic (exact) mass is 202 g/mol. The zero-order valence-electron chi connectivity index (χ0n) is 8.67. The molecule has 1 aliphatic rings. The summed E-state index contributed by atoms with van der Waals surface area (Å²) in [6.45, 7) is 4.82. The number of carbonyl (C=O) groups excluding carboxylic acids is 1. The number of nitrogens with one attached hydrogen (secondary N) is 2. The van der Waals surface area contributed by atoms with Crippen LogP contribution in [0.2, 0.25) is 0 Å². The van der Waals surface area contributed by atoms with Gasteiger partial charge in [0.1, 0.15) is 0 Å². The fraction of sp³-hybridized carbons (Fsp3) is 0.889. The first-order valence-electron chi connectivity index (χ1n) is 4.82. The summed E-state index contributed by atoms with van der Waals surface area (Å²) in [4.78, 5) is 11.3. The highest BCUT2D eigenvalue weighted by atomic mass is 16.5. The Balaban J connectivity index is 2.15. The summed E-state index contributed by atoms with van der Waals surface area (Å²) in [7, 11) is 0. The molecule has 14 heavy (non-hydrogen) atoms. The zero-order chi connectivity index (χ0) is 10.6. The lowest BCUT2D eigenvalue weighted by Crippen LogP contribution is -2.46. The van der Waals surface area contributed by atoms with Gasteiger partial charge in [0.25, 0.3) is 0 Å². The Kier molecular flexibility index (Phi) is 3.71. The van der Waals surface area contributed by atoms with Crippen LogP contribution in [0.5, 0.6) is 0 Å². The van der Waals surface area contributed by atoms with Crippen LogP contribution in [-0.4, -0.2) is 42.5 Å². The van der Waals surface area contributed by atoms with E-state index in [2.05, 4.69) is 10.6 Å². The summed E-state index contributed by atoms with van der Waals surface area (Å²) in [6, 6.07) is -0.139. The maximum Gasteiger partial charge on any atom is 0.315 e. The Morgan fingerprint density at radius 1 is 1.64 bits per heavy atom. The van der Waals surface area contributed by atoms with Crippen LogP contribution in [-0.2, 0) is 4.74 Å². The van der Waals surface area contributed by atoms with Crippen LogP contribution < -0.4 is 10.6 Å². The van der Waals surface area contributed by atoms with E-state index in [1.54, 1.807) is 13.8 Å². The van der Waals surface area contributed by atoms with E-state index in [0.717, 1.165) is 6.42 Å². The van der Waals surface area contributed by atoms with Crippen molar-refractivity contribution in [1.82, 2.24) is 10.6 Å². The Bertz CT molecular complexity index is 195. The number of carbonyl (C=O) groups is 1. The summed E-state index contributed by atoms with van der Waals surface area (Å²) in [6.07, 6.45) is 0.857. The molecule has 0 aliphatic carbocycles. The van der Waals surface area contributed by atoms with Gasteiger partial charge in [-0.25, -0.2) is 4.79 Å². The van der Waals surface area contributed by atoms with Crippen LogP contribution in [0.4, 0.5) is 4.79 Å². The van der Waals surface area contributed by atoms with Crippen molar-refractivity contribution in [2.24, 2.45) is 0 Å². The van der Waals surface area contributed by atoms with Crippen molar-refractivity contribution in [2.45, 2.75) is 31.9 Å². The molecule has 0 radical (unpaired) electrons. The number of aliphatic hydroxyl groups is 1. The lowest BCUT2D eigenvalue weighted by molar-refractivity contribution is 0.0817. The first-order valence-corrected chi connectivity index (χ1v) is 4.82. The molecule has 0 saturated carbocycles. The van der Waals surface area contributed by atoms with Crippen molar-refractivity contribution in [3.63, 3.8) is 0 Å². The molecule has 5 nitrogen and oxygen atoms in total. The molecule has 0 bridgehead atoms. The Labute approximate surface area is 83.8 Å². The first kappa shape index (κ1) is 11.3. The molecule has 82 valence electrons. The van der Waals surface area contributed by atoms with E-state index >= 15 is 0 Å². The molecule has 5 heteroatoms. The third-order valence-electron chi connectivity index (χ3n) is 1.95. The standard InChI is InChI=1S/C9H18N2O3/c1-9(2,13)6-10-8(12)11-7-3-4-14-5-7/h7,13H,3-6H2,1-2H3,(H2,10,11,12). The number of hydrogen-bond acceptors (Lipinski definition) is 3. The van der Waals surface area contributed by atoms with Crippen LogP contribution >= 0.6 is 0 Å². The molecule has 0 aromatic rings. The van der Waals surface area contributed by atoms with Gasteiger partial charge < -0.3 is 20.5 Å². The average molecular weight is 202 g/mol. The molecule has 1 heterocycles.